The Balaban J connectivity index is 1.63. The second kappa shape index (κ2) is 8.37. The van der Waals surface area contributed by atoms with Crippen LogP contribution in [-0.2, 0) is 16.1 Å². The van der Waals surface area contributed by atoms with Gasteiger partial charge in [-0.1, -0.05) is 31.0 Å². The van der Waals surface area contributed by atoms with Gasteiger partial charge in [0.25, 0.3) is 0 Å². The number of amides is 2. The molecule has 3 rings (SSSR count). The summed E-state index contributed by atoms with van der Waals surface area (Å²) in [7, 11) is 1.63. The average Bonchev–Trinajstić information content (AvgIpc) is 3.20. The van der Waals surface area contributed by atoms with Crippen LogP contribution >= 0.6 is 0 Å². The third-order valence-electron chi connectivity index (χ3n) is 5.48. The molecule has 2 fully saturated rings. The van der Waals surface area contributed by atoms with E-state index < -0.39 is 0 Å². The topological polar surface area (TPSA) is 58.6 Å². The van der Waals surface area contributed by atoms with Crippen molar-refractivity contribution in [3.8, 4) is 5.75 Å². The molecule has 1 aromatic rings. The molecule has 0 unspecified atom stereocenters. The van der Waals surface area contributed by atoms with E-state index in [0.717, 1.165) is 62.9 Å². The molecule has 1 heterocycles. The van der Waals surface area contributed by atoms with Crippen molar-refractivity contribution in [3.05, 3.63) is 29.8 Å². The van der Waals surface area contributed by atoms with Gasteiger partial charge in [-0.2, -0.15) is 0 Å². The Kier molecular flexibility index (Phi) is 5.95. The summed E-state index contributed by atoms with van der Waals surface area (Å²) < 4.78 is 5.34. The molecule has 1 saturated carbocycles. The highest BCUT2D eigenvalue weighted by atomic mass is 16.5. The predicted octanol–water partition coefficient (Wildman–Crippen LogP) is 2.74. The van der Waals surface area contributed by atoms with Crippen LogP contribution in [0.2, 0.25) is 0 Å². The van der Waals surface area contributed by atoms with E-state index in [-0.39, 0.29) is 23.7 Å². The maximum absolute atomic E-state index is 12.8. The summed E-state index contributed by atoms with van der Waals surface area (Å²) in [6, 6.07) is 7.69. The molecule has 1 aliphatic heterocycles. The number of ether oxygens (including phenoxy) is 1. The van der Waals surface area contributed by atoms with Gasteiger partial charge in [0.05, 0.1) is 7.11 Å². The zero-order valence-electron chi connectivity index (χ0n) is 15.0. The van der Waals surface area contributed by atoms with Crippen molar-refractivity contribution in [1.82, 2.24) is 10.2 Å². The quantitative estimate of drug-likeness (QED) is 0.893. The number of likely N-dealkylation sites (tertiary alicyclic amines) is 1. The van der Waals surface area contributed by atoms with Gasteiger partial charge < -0.3 is 15.0 Å². The lowest BCUT2D eigenvalue weighted by Gasteiger charge is -2.32. The number of rotatable bonds is 5. The first kappa shape index (κ1) is 17.8. The number of hydrogen-bond donors (Lipinski definition) is 1. The number of nitrogens with one attached hydrogen (secondary N) is 1. The number of hydrogen-bond acceptors (Lipinski definition) is 3. The van der Waals surface area contributed by atoms with Gasteiger partial charge >= 0.3 is 0 Å². The van der Waals surface area contributed by atoms with Crippen LogP contribution in [0.1, 0.15) is 44.1 Å². The molecule has 1 saturated heterocycles. The van der Waals surface area contributed by atoms with E-state index >= 15 is 0 Å². The standard InChI is InChI=1S/C20H28N2O3/c1-25-18-11-5-2-8-15(18)14-21-19(23)16-9-3-4-10-17(16)20(24)22-12-6-7-13-22/h2,5,8,11,16-17H,3-4,6-7,9-10,12-14H2,1H3,(H,21,23)/t16-,17-/m1/s1. The van der Waals surface area contributed by atoms with E-state index in [1.807, 2.05) is 29.2 Å². The monoisotopic (exact) mass is 344 g/mol. The molecule has 136 valence electrons. The summed E-state index contributed by atoms with van der Waals surface area (Å²) in [5.41, 5.74) is 0.955. The molecule has 5 heteroatoms. The summed E-state index contributed by atoms with van der Waals surface area (Å²) in [4.78, 5) is 27.5. The van der Waals surface area contributed by atoms with E-state index in [4.69, 9.17) is 4.74 Å². The average molecular weight is 344 g/mol. The molecule has 2 amide bonds. The van der Waals surface area contributed by atoms with Crippen LogP contribution in [0.5, 0.6) is 5.75 Å². The fourth-order valence-corrected chi connectivity index (χ4v) is 4.07. The Bertz CT molecular complexity index is 611. The highest BCUT2D eigenvalue weighted by molar-refractivity contribution is 5.88. The Hall–Kier alpha value is -2.04. The van der Waals surface area contributed by atoms with E-state index in [2.05, 4.69) is 5.32 Å². The first-order valence-corrected chi connectivity index (χ1v) is 9.39. The SMILES string of the molecule is COc1ccccc1CNC(=O)[C@@H]1CCCC[C@H]1C(=O)N1CCCC1. The lowest BCUT2D eigenvalue weighted by Crippen LogP contribution is -2.44. The Morgan fingerprint density at radius 3 is 2.48 bits per heavy atom. The van der Waals surface area contributed by atoms with Crippen LogP contribution in [0, 0.1) is 11.8 Å². The van der Waals surface area contributed by atoms with E-state index in [1.165, 1.54) is 0 Å². The van der Waals surface area contributed by atoms with Gasteiger partial charge in [-0.05, 0) is 31.7 Å². The van der Waals surface area contributed by atoms with Crippen LogP contribution < -0.4 is 10.1 Å². The number of methoxy groups -OCH3 is 1. The Morgan fingerprint density at radius 2 is 1.76 bits per heavy atom. The minimum Gasteiger partial charge on any atom is -0.496 e. The summed E-state index contributed by atoms with van der Waals surface area (Å²) >= 11 is 0. The fourth-order valence-electron chi connectivity index (χ4n) is 4.07. The molecule has 2 aliphatic rings. The molecular weight excluding hydrogens is 316 g/mol. The van der Waals surface area contributed by atoms with Crippen LogP contribution in [0.15, 0.2) is 24.3 Å². The van der Waals surface area contributed by atoms with Crippen molar-refractivity contribution in [3.63, 3.8) is 0 Å². The molecule has 1 N–H and O–H groups in total. The molecule has 1 aromatic carbocycles. The second-order valence-corrected chi connectivity index (χ2v) is 7.06. The van der Waals surface area contributed by atoms with Gasteiger partial charge in [0.15, 0.2) is 0 Å². The predicted molar refractivity (Wildman–Crippen MR) is 96.1 cm³/mol. The van der Waals surface area contributed by atoms with Crippen molar-refractivity contribution >= 4 is 11.8 Å². The van der Waals surface area contributed by atoms with Crippen LogP contribution in [0.4, 0.5) is 0 Å². The van der Waals surface area contributed by atoms with E-state index in [0.29, 0.717) is 6.54 Å². The van der Waals surface area contributed by atoms with Crippen LogP contribution in [0.25, 0.3) is 0 Å². The zero-order valence-corrected chi connectivity index (χ0v) is 15.0. The molecule has 0 spiro atoms. The molecule has 0 aromatic heterocycles. The Labute approximate surface area is 149 Å². The molecule has 2 atom stereocenters. The second-order valence-electron chi connectivity index (χ2n) is 7.06. The molecule has 25 heavy (non-hydrogen) atoms. The lowest BCUT2D eigenvalue weighted by molar-refractivity contribution is -0.142. The van der Waals surface area contributed by atoms with Crippen molar-refractivity contribution in [1.29, 1.82) is 0 Å². The maximum atomic E-state index is 12.8. The van der Waals surface area contributed by atoms with Gasteiger partial charge in [0.2, 0.25) is 11.8 Å². The van der Waals surface area contributed by atoms with Crippen molar-refractivity contribution in [2.45, 2.75) is 45.1 Å². The number of carbonyl (C=O) groups is 2. The smallest absolute Gasteiger partial charge is 0.226 e. The minimum absolute atomic E-state index is 0.00292. The summed E-state index contributed by atoms with van der Waals surface area (Å²) in [6.07, 6.45) is 5.88. The van der Waals surface area contributed by atoms with Gasteiger partial charge in [-0.3, -0.25) is 9.59 Å². The highest BCUT2D eigenvalue weighted by Crippen LogP contribution is 2.32. The van der Waals surface area contributed by atoms with E-state index in [1.54, 1.807) is 7.11 Å². The van der Waals surface area contributed by atoms with Gasteiger partial charge in [0.1, 0.15) is 5.75 Å². The number of para-hydroxylation sites is 1. The molecule has 5 nitrogen and oxygen atoms in total. The third-order valence-corrected chi connectivity index (χ3v) is 5.48. The Morgan fingerprint density at radius 1 is 1.08 bits per heavy atom. The molecule has 0 radical (unpaired) electrons. The lowest BCUT2D eigenvalue weighted by atomic mass is 9.78. The number of carbonyl (C=O) groups excluding carboxylic acids is 2. The highest BCUT2D eigenvalue weighted by Gasteiger charge is 2.38. The van der Waals surface area contributed by atoms with Crippen molar-refractivity contribution in [2.24, 2.45) is 11.8 Å². The minimum atomic E-state index is -0.198. The fraction of sp³-hybridized carbons (Fsp3) is 0.600. The maximum Gasteiger partial charge on any atom is 0.226 e. The summed E-state index contributed by atoms with van der Waals surface area (Å²) in [6.45, 7) is 2.14. The van der Waals surface area contributed by atoms with Crippen molar-refractivity contribution in [2.75, 3.05) is 20.2 Å². The van der Waals surface area contributed by atoms with Gasteiger partial charge in [0, 0.05) is 37.0 Å². The molecule has 1 aliphatic carbocycles. The normalized spacial score (nSPS) is 23.3. The molecule has 0 bridgehead atoms. The van der Waals surface area contributed by atoms with Gasteiger partial charge in [-0.15, -0.1) is 0 Å². The summed E-state index contributed by atoms with van der Waals surface area (Å²) in [5, 5.41) is 3.03. The summed E-state index contributed by atoms with van der Waals surface area (Å²) in [5.74, 6) is 0.620. The zero-order chi connectivity index (χ0) is 17.6. The first-order valence-electron chi connectivity index (χ1n) is 9.39. The number of benzene rings is 1. The first-order chi connectivity index (χ1) is 12.2. The van der Waals surface area contributed by atoms with Crippen LogP contribution in [0.3, 0.4) is 0 Å². The van der Waals surface area contributed by atoms with Gasteiger partial charge in [-0.25, -0.2) is 0 Å². The van der Waals surface area contributed by atoms with E-state index in [9.17, 15) is 9.59 Å². The largest absolute Gasteiger partial charge is 0.496 e. The van der Waals surface area contributed by atoms with Crippen molar-refractivity contribution < 1.29 is 14.3 Å². The number of nitrogens with zero attached hydrogens (tertiary/aromatic N) is 1. The molecular formula is C20H28N2O3. The van der Waals surface area contributed by atoms with Crippen LogP contribution in [-0.4, -0.2) is 36.9 Å². The third kappa shape index (κ3) is 4.14.